The van der Waals surface area contributed by atoms with Crippen molar-refractivity contribution < 1.29 is 0 Å². The molecule has 2 N–H and O–H groups in total. The normalized spacial score (nSPS) is 11.6. The minimum Gasteiger partial charge on any atom is -0.306 e. The number of nitrogens with zero attached hydrogens (tertiary/aromatic N) is 6. The number of aromatic amines is 1. The van der Waals surface area contributed by atoms with Crippen LogP contribution in [-0.4, -0.2) is 36.6 Å². The molecule has 0 unspecified atom stereocenters. The molecule has 4 rings (SSSR count). The lowest BCUT2D eigenvalue weighted by Crippen LogP contribution is -2.15. The van der Waals surface area contributed by atoms with Crippen LogP contribution in [-0.2, 0) is 13.0 Å². The summed E-state index contributed by atoms with van der Waals surface area (Å²) in [6, 6.07) is 12.2. The summed E-state index contributed by atoms with van der Waals surface area (Å²) in [5, 5.41) is 29.0. The number of fused-ring (bicyclic) bond motifs is 1. The molecular weight excluding hydrogens is 340 g/mol. The molecule has 0 aliphatic carbocycles. The van der Waals surface area contributed by atoms with Crippen LogP contribution in [0.15, 0.2) is 60.2 Å². The molecule has 0 amide bonds. The van der Waals surface area contributed by atoms with Crippen molar-refractivity contribution in [2.45, 2.75) is 13.0 Å². The molecule has 0 fully saturated rings. The Morgan fingerprint density at radius 1 is 1.37 bits per heavy atom. The molecule has 8 nitrogen and oxygen atoms in total. The molecule has 3 aromatic heterocycles. The fraction of sp³-hybridized carbons (Fsp3) is 0.105. The second-order valence-electron chi connectivity index (χ2n) is 6.00. The van der Waals surface area contributed by atoms with E-state index in [2.05, 4.69) is 32.4 Å². The highest BCUT2D eigenvalue weighted by atomic mass is 15.5. The number of pyridine rings is 1. The first-order chi connectivity index (χ1) is 13.3. The van der Waals surface area contributed by atoms with Crippen molar-refractivity contribution in [3.63, 3.8) is 0 Å². The third kappa shape index (κ3) is 3.39. The Bertz CT molecular complexity index is 1170. The van der Waals surface area contributed by atoms with Crippen molar-refractivity contribution >= 4 is 22.8 Å². The van der Waals surface area contributed by atoms with Crippen LogP contribution in [0.1, 0.15) is 16.8 Å². The van der Waals surface area contributed by atoms with E-state index in [-0.39, 0.29) is 6.54 Å². The van der Waals surface area contributed by atoms with Gasteiger partial charge in [0.1, 0.15) is 12.3 Å². The van der Waals surface area contributed by atoms with Crippen LogP contribution in [0.25, 0.3) is 10.9 Å². The van der Waals surface area contributed by atoms with Gasteiger partial charge in [0.05, 0.1) is 23.5 Å². The molecule has 4 aromatic rings. The number of nitriles is 1. The predicted octanol–water partition coefficient (Wildman–Crippen LogP) is 2.58. The average molecular weight is 356 g/mol. The zero-order valence-electron chi connectivity index (χ0n) is 14.4. The summed E-state index contributed by atoms with van der Waals surface area (Å²) in [4.78, 5) is 5.99. The fourth-order valence-corrected chi connectivity index (χ4v) is 2.81. The maximum Gasteiger partial charge on any atom is 0.128 e. The zero-order chi connectivity index (χ0) is 18.6. The Morgan fingerprint density at radius 2 is 2.30 bits per heavy atom. The summed E-state index contributed by atoms with van der Waals surface area (Å²) < 4.78 is 1.51. The molecule has 0 spiro atoms. The molecule has 0 aliphatic rings. The second-order valence-corrected chi connectivity index (χ2v) is 6.00. The molecule has 8 heteroatoms. The number of nitrogens with one attached hydrogen (secondary N) is 2. The molecule has 1 aromatic carbocycles. The van der Waals surface area contributed by atoms with Crippen molar-refractivity contribution in [1.82, 2.24) is 24.7 Å². The van der Waals surface area contributed by atoms with E-state index >= 15 is 0 Å². The van der Waals surface area contributed by atoms with Gasteiger partial charge in [-0.05, 0) is 23.8 Å². The van der Waals surface area contributed by atoms with Crippen LogP contribution in [0.5, 0.6) is 0 Å². The van der Waals surface area contributed by atoms with E-state index in [1.165, 1.54) is 10.9 Å². The van der Waals surface area contributed by atoms with Crippen LogP contribution in [0, 0.1) is 16.7 Å². The Morgan fingerprint density at radius 3 is 3.07 bits per heavy atom. The summed E-state index contributed by atoms with van der Waals surface area (Å²) in [6.45, 7) is 0.162. The van der Waals surface area contributed by atoms with Crippen molar-refractivity contribution in [3.8, 4) is 6.07 Å². The molecular formula is C19H16N8. The van der Waals surface area contributed by atoms with E-state index in [1.807, 2.05) is 30.5 Å². The lowest BCUT2D eigenvalue weighted by atomic mass is 10.1. The monoisotopic (exact) mass is 356 g/mol. The third-order valence-electron chi connectivity index (χ3n) is 4.18. The molecule has 0 radical (unpaired) electrons. The highest BCUT2D eigenvalue weighted by molar-refractivity contribution is 6.37. The molecule has 27 heavy (non-hydrogen) atoms. The standard InChI is InChI=1S/C19H16N8/c20-5-7-26-13-16(11-23-26)19(10-21)25-27-17(12-24-27)9-14-3-4-18-15(8-14)2-1-6-22-18/h1-4,6,8,10-13,21,24H,7,9H2/b21-10?,25-19+. The van der Waals surface area contributed by atoms with E-state index in [0.717, 1.165) is 22.2 Å². The smallest absolute Gasteiger partial charge is 0.128 e. The molecule has 0 saturated heterocycles. The number of hydrogen-bond donors (Lipinski definition) is 2. The van der Waals surface area contributed by atoms with Crippen LogP contribution < -0.4 is 0 Å². The first-order valence-electron chi connectivity index (χ1n) is 8.34. The maximum atomic E-state index is 8.74. The van der Waals surface area contributed by atoms with E-state index in [4.69, 9.17) is 10.7 Å². The molecule has 0 saturated carbocycles. The number of hydrogen-bond acceptors (Lipinski definition) is 5. The van der Waals surface area contributed by atoms with E-state index in [1.54, 1.807) is 23.4 Å². The third-order valence-corrected chi connectivity index (χ3v) is 4.18. The molecule has 0 aliphatic heterocycles. The van der Waals surface area contributed by atoms with Gasteiger partial charge in [-0.15, -0.1) is 0 Å². The highest BCUT2D eigenvalue weighted by Crippen LogP contribution is 2.17. The lowest BCUT2D eigenvalue weighted by molar-refractivity contribution is 0.620. The SMILES string of the molecule is N#CCn1cc(/C(C=N)=N/n2[nH]cc2Cc2ccc3ncccc3c2)cn1. The minimum absolute atomic E-state index is 0.162. The van der Waals surface area contributed by atoms with Gasteiger partial charge in [-0.1, -0.05) is 12.1 Å². The van der Waals surface area contributed by atoms with Crippen molar-refractivity contribution in [3.05, 3.63) is 71.9 Å². The first kappa shape index (κ1) is 16.5. The zero-order valence-corrected chi connectivity index (χ0v) is 14.4. The highest BCUT2D eigenvalue weighted by Gasteiger charge is 2.09. The van der Waals surface area contributed by atoms with Gasteiger partial charge in [0.2, 0.25) is 0 Å². The maximum absolute atomic E-state index is 8.74. The van der Waals surface area contributed by atoms with Gasteiger partial charge in [0, 0.05) is 42.2 Å². The summed E-state index contributed by atoms with van der Waals surface area (Å²) in [7, 11) is 0. The Balaban J connectivity index is 1.57. The minimum atomic E-state index is 0.162. The van der Waals surface area contributed by atoms with Crippen LogP contribution >= 0.6 is 0 Å². The number of H-pyrrole nitrogens is 1. The topological polar surface area (TPSA) is 111 Å². The van der Waals surface area contributed by atoms with Crippen LogP contribution in [0.2, 0.25) is 0 Å². The van der Waals surface area contributed by atoms with E-state index in [9.17, 15) is 0 Å². The molecule has 0 atom stereocenters. The van der Waals surface area contributed by atoms with Crippen molar-refractivity contribution in [2.24, 2.45) is 5.10 Å². The Kier molecular flexibility index (Phi) is 4.33. The van der Waals surface area contributed by atoms with Crippen LogP contribution in [0.3, 0.4) is 0 Å². The largest absolute Gasteiger partial charge is 0.306 e. The second kappa shape index (κ2) is 7.09. The van der Waals surface area contributed by atoms with Crippen LogP contribution in [0.4, 0.5) is 0 Å². The van der Waals surface area contributed by atoms with Crippen molar-refractivity contribution in [1.29, 1.82) is 10.7 Å². The van der Waals surface area contributed by atoms with Gasteiger partial charge in [-0.25, -0.2) is 0 Å². The van der Waals surface area contributed by atoms with E-state index in [0.29, 0.717) is 17.7 Å². The summed E-state index contributed by atoms with van der Waals surface area (Å²) in [6.07, 6.45) is 8.85. The molecule has 132 valence electrons. The first-order valence-corrected chi connectivity index (χ1v) is 8.34. The van der Waals surface area contributed by atoms with Gasteiger partial charge in [-0.2, -0.15) is 20.3 Å². The quantitative estimate of drug-likeness (QED) is 0.518. The van der Waals surface area contributed by atoms with Gasteiger partial charge >= 0.3 is 0 Å². The Hall–Kier alpha value is -3.99. The number of aromatic nitrogens is 5. The van der Waals surface area contributed by atoms with E-state index < -0.39 is 0 Å². The summed E-state index contributed by atoms with van der Waals surface area (Å²) >= 11 is 0. The van der Waals surface area contributed by atoms with Gasteiger partial charge in [0.25, 0.3) is 0 Å². The molecule has 3 heterocycles. The van der Waals surface area contributed by atoms with Gasteiger partial charge in [-0.3, -0.25) is 14.8 Å². The number of benzene rings is 1. The summed E-state index contributed by atoms with van der Waals surface area (Å²) in [5.74, 6) is 0. The Labute approximate surface area is 154 Å². The average Bonchev–Trinajstić information content (AvgIpc) is 3.14. The van der Waals surface area contributed by atoms with Gasteiger partial charge < -0.3 is 5.41 Å². The van der Waals surface area contributed by atoms with Gasteiger partial charge in [0.15, 0.2) is 0 Å². The molecule has 0 bridgehead atoms. The van der Waals surface area contributed by atoms with Crippen molar-refractivity contribution in [2.75, 3.05) is 0 Å². The lowest BCUT2D eigenvalue weighted by Gasteiger charge is -2.14. The fourth-order valence-electron chi connectivity index (χ4n) is 2.81. The predicted molar refractivity (Wildman–Crippen MR) is 102 cm³/mol. The number of rotatable bonds is 6. The summed E-state index contributed by atoms with van der Waals surface area (Å²) in [5.41, 5.74) is 4.26.